The van der Waals surface area contributed by atoms with Crippen LogP contribution < -0.4 is 4.90 Å². The third-order valence-corrected chi connectivity index (χ3v) is 3.52. The maximum Gasteiger partial charge on any atom is 0.337 e. The maximum absolute atomic E-state index is 11.2. The number of carbonyl (C=O) groups is 1. The Kier molecular flexibility index (Phi) is 2.52. The molecule has 2 atom stereocenters. The molecule has 2 fully saturated rings. The van der Waals surface area contributed by atoms with Gasteiger partial charge in [0.2, 0.25) is 0 Å². The first-order chi connectivity index (χ1) is 8.24. The fourth-order valence-corrected chi connectivity index (χ4v) is 2.74. The summed E-state index contributed by atoms with van der Waals surface area (Å²) < 4.78 is 5.76. The van der Waals surface area contributed by atoms with E-state index in [1.807, 2.05) is 12.1 Å². The smallest absolute Gasteiger partial charge is 0.337 e. The van der Waals surface area contributed by atoms with Crippen LogP contribution in [0.1, 0.15) is 23.2 Å². The molecule has 0 aliphatic carbocycles. The monoisotopic (exact) mass is 233 g/mol. The quantitative estimate of drug-likeness (QED) is 0.845. The molecule has 0 radical (unpaired) electrons. The normalized spacial score (nSPS) is 27.2. The summed E-state index contributed by atoms with van der Waals surface area (Å²) in [5, 5.41) is 9.19. The van der Waals surface area contributed by atoms with Crippen molar-refractivity contribution in [2.75, 3.05) is 18.0 Å². The number of para-hydroxylation sites is 1. The molecule has 2 bridgehead atoms. The van der Waals surface area contributed by atoms with E-state index in [4.69, 9.17) is 4.74 Å². The van der Waals surface area contributed by atoms with Gasteiger partial charge in [0, 0.05) is 13.1 Å². The number of ether oxygens (including phenoxy) is 1. The molecule has 1 N–H and O–H groups in total. The number of carboxylic acid groups (broad SMARTS) is 1. The van der Waals surface area contributed by atoms with E-state index in [2.05, 4.69) is 4.90 Å². The Morgan fingerprint density at radius 1 is 1.24 bits per heavy atom. The summed E-state index contributed by atoms with van der Waals surface area (Å²) in [5.41, 5.74) is 1.20. The minimum absolute atomic E-state index is 0.274. The van der Waals surface area contributed by atoms with Crippen LogP contribution in [0.3, 0.4) is 0 Å². The minimum atomic E-state index is -0.862. The maximum atomic E-state index is 11.2. The van der Waals surface area contributed by atoms with E-state index in [1.165, 1.54) is 0 Å². The number of carboxylic acids is 1. The highest BCUT2D eigenvalue weighted by atomic mass is 16.5. The predicted octanol–water partition coefficient (Wildman–Crippen LogP) is 1.75. The molecule has 2 unspecified atom stereocenters. The molecule has 4 nitrogen and oxygen atoms in total. The lowest BCUT2D eigenvalue weighted by Gasteiger charge is -2.34. The second kappa shape index (κ2) is 4.04. The first-order valence-corrected chi connectivity index (χ1v) is 5.97. The molecule has 4 heteroatoms. The topological polar surface area (TPSA) is 49.8 Å². The number of anilines is 1. The number of aromatic carboxylic acids is 1. The van der Waals surface area contributed by atoms with Crippen LogP contribution in [0.15, 0.2) is 24.3 Å². The van der Waals surface area contributed by atoms with Crippen LogP contribution in [0.4, 0.5) is 5.69 Å². The van der Waals surface area contributed by atoms with Gasteiger partial charge in [0.1, 0.15) is 0 Å². The van der Waals surface area contributed by atoms with Crippen molar-refractivity contribution < 1.29 is 14.6 Å². The van der Waals surface area contributed by atoms with Gasteiger partial charge >= 0.3 is 5.97 Å². The van der Waals surface area contributed by atoms with Crippen LogP contribution in [0, 0.1) is 0 Å². The lowest BCUT2D eigenvalue weighted by Crippen LogP contribution is -2.43. The minimum Gasteiger partial charge on any atom is -0.478 e. The van der Waals surface area contributed by atoms with Crippen LogP contribution in [-0.4, -0.2) is 36.4 Å². The Morgan fingerprint density at radius 2 is 1.88 bits per heavy atom. The molecule has 17 heavy (non-hydrogen) atoms. The lowest BCUT2D eigenvalue weighted by atomic mass is 10.1. The average molecular weight is 233 g/mol. The first-order valence-electron chi connectivity index (χ1n) is 5.97. The first kappa shape index (κ1) is 10.6. The summed E-state index contributed by atoms with van der Waals surface area (Å²) >= 11 is 0. The summed E-state index contributed by atoms with van der Waals surface area (Å²) in [6.45, 7) is 1.61. The third kappa shape index (κ3) is 1.89. The Morgan fingerprint density at radius 3 is 2.53 bits per heavy atom. The van der Waals surface area contributed by atoms with Gasteiger partial charge in [-0.15, -0.1) is 0 Å². The summed E-state index contributed by atoms with van der Waals surface area (Å²) in [6.07, 6.45) is 2.73. The summed E-state index contributed by atoms with van der Waals surface area (Å²) in [6, 6.07) is 7.20. The van der Waals surface area contributed by atoms with Crippen molar-refractivity contribution in [3.8, 4) is 0 Å². The number of hydrogen-bond donors (Lipinski definition) is 1. The number of hydrogen-bond acceptors (Lipinski definition) is 3. The van der Waals surface area contributed by atoms with Crippen molar-refractivity contribution in [2.24, 2.45) is 0 Å². The van der Waals surface area contributed by atoms with E-state index in [0.29, 0.717) is 5.56 Å². The second-order valence-corrected chi connectivity index (χ2v) is 4.68. The highest BCUT2D eigenvalue weighted by Crippen LogP contribution is 2.31. The van der Waals surface area contributed by atoms with Gasteiger partial charge in [-0.1, -0.05) is 12.1 Å². The highest BCUT2D eigenvalue weighted by molar-refractivity contribution is 5.94. The van der Waals surface area contributed by atoms with Gasteiger partial charge < -0.3 is 14.7 Å². The largest absolute Gasteiger partial charge is 0.478 e. The molecular weight excluding hydrogens is 218 g/mol. The van der Waals surface area contributed by atoms with Gasteiger partial charge in [-0.2, -0.15) is 0 Å². The molecular formula is C13H15NO3. The molecule has 2 aliphatic heterocycles. The van der Waals surface area contributed by atoms with Crippen LogP contribution in [0.5, 0.6) is 0 Å². The van der Waals surface area contributed by atoms with Crippen LogP contribution in [-0.2, 0) is 4.74 Å². The molecule has 1 aromatic rings. The molecule has 3 rings (SSSR count). The fraction of sp³-hybridized carbons (Fsp3) is 0.462. The summed E-state index contributed by atoms with van der Waals surface area (Å²) in [5.74, 6) is -0.862. The van der Waals surface area contributed by atoms with Crippen molar-refractivity contribution in [3.05, 3.63) is 29.8 Å². The highest BCUT2D eigenvalue weighted by Gasteiger charge is 2.34. The second-order valence-electron chi connectivity index (χ2n) is 4.68. The number of rotatable bonds is 2. The van der Waals surface area contributed by atoms with Crippen LogP contribution in [0.2, 0.25) is 0 Å². The van der Waals surface area contributed by atoms with Crippen molar-refractivity contribution in [2.45, 2.75) is 25.0 Å². The molecule has 0 spiro atoms. The van der Waals surface area contributed by atoms with Crippen LogP contribution >= 0.6 is 0 Å². The molecule has 0 amide bonds. The standard InChI is InChI=1S/C13H15NO3/c15-13(16)11-3-1-2-4-12(11)14-7-9-5-6-10(8-14)17-9/h1-4,9-10H,5-8H2,(H,15,16). The van der Waals surface area contributed by atoms with Gasteiger partial charge in [0.15, 0.2) is 0 Å². The van der Waals surface area contributed by atoms with Gasteiger partial charge in [0.25, 0.3) is 0 Å². The number of nitrogens with zero attached hydrogens (tertiary/aromatic N) is 1. The Hall–Kier alpha value is -1.55. The van der Waals surface area contributed by atoms with Crippen molar-refractivity contribution >= 4 is 11.7 Å². The molecule has 1 aromatic carbocycles. The zero-order valence-electron chi connectivity index (χ0n) is 9.50. The van der Waals surface area contributed by atoms with Crippen LogP contribution in [0.25, 0.3) is 0 Å². The van der Waals surface area contributed by atoms with Gasteiger partial charge in [0.05, 0.1) is 23.5 Å². The molecule has 0 aromatic heterocycles. The molecule has 2 saturated heterocycles. The van der Waals surface area contributed by atoms with E-state index in [1.54, 1.807) is 12.1 Å². The Labute approximate surface area is 99.8 Å². The number of morpholine rings is 1. The molecule has 0 saturated carbocycles. The fourth-order valence-electron chi connectivity index (χ4n) is 2.74. The van der Waals surface area contributed by atoms with E-state index in [0.717, 1.165) is 31.6 Å². The summed E-state index contributed by atoms with van der Waals surface area (Å²) in [7, 11) is 0. The molecule has 2 heterocycles. The van der Waals surface area contributed by atoms with Gasteiger partial charge in [-0.25, -0.2) is 4.79 Å². The Bertz CT molecular complexity index is 434. The van der Waals surface area contributed by atoms with Crippen molar-refractivity contribution in [1.29, 1.82) is 0 Å². The molecule has 90 valence electrons. The lowest BCUT2D eigenvalue weighted by molar-refractivity contribution is 0.0303. The molecule has 2 aliphatic rings. The number of benzene rings is 1. The van der Waals surface area contributed by atoms with E-state index in [-0.39, 0.29) is 12.2 Å². The van der Waals surface area contributed by atoms with Crippen molar-refractivity contribution in [1.82, 2.24) is 0 Å². The van der Waals surface area contributed by atoms with E-state index >= 15 is 0 Å². The van der Waals surface area contributed by atoms with Gasteiger partial charge in [-0.3, -0.25) is 0 Å². The van der Waals surface area contributed by atoms with Gasteiger partial charge in [-0.05, 0) is 25.0 Å². The predicted molar refractivity (Wildman–Crippen MR) is 63.5 cm³/mol. The van der Waals surface area contributed by atoms with Crippen molar-refractivity contribution in [3.63, 3.8) is 0 Å². The SMILES string of the molecule is O=C(O)c1ccccc1N1CC2CCC(C1)O2. The zero-order chi connectivity index (χ0) is 11.8. The average Bonchev–Trinajstić information content (AvgIpc) is 2.68. The zero-order valence-corrected chi connectivity index (χ0v) is 9.50. The summed E-state index contributed by atoms with van der Waals surface area (Å²) in [4.78, 5) is 13.3. The number of fused-ring (bicyclic) bond motifs is 2. The third-order valence-electron chi connectivity index (χ3n) is 3.52. The van der Waals surface area contributed by atoms with E-state index in [9.17, 15) is 9.90 Å². The van der Waals surface area contributed by atoms with E-state index < -0.39 is 5.97 Å². The Balaban J connectivity index is 1.91.